The zero-order valence-electron chi connectivity index (χ0n) is 10.8. The molecular weight excluding hydrogens is 305 g/mol. The minimum Gasteiger partial charge on any atom is -0.399 e. The quantitative estimate of drug-likeness (QED) is 0.855. The molecule has 0 aliphatic rings. The maximum absolute atomic E-state index is 13.5. The summed E-state index contributed by atoms with van der Waals surface area (Å²) in [5.74, 6) is -4.22. The van der Waals surface area contributed by atoms with E-state index in [9.17, 15) is 21.6 Å². The van der Waals surface area contributed by atoms with Crippen molar-refractivity contribution in [2.24, 2.45) is 0 Å². The fourth-order valence-electron chi connectivity index (χ4n) is 1.73. The summed E-state index contributed by atoms with van der Waals surface area (Å²) in [7, 11) is -4.53. The Kier molecular flexibility index (Phi) is 3.82. The van der Waals surface area contributed by atoms with E-state index in [-0.39, 0.29) is 5.69 Å². The van der Waals surface area contributed by atoms with Crippen LogP contribution in [0.5, 0.6) is 0 Å². The highest BCUT2D eigenvalue weighted by atomic mass is 32.2. The molecule has 0 saturated heterocycles. The minimum atomic E-state index is -4.53. The molecule has 0 amide bonds. The zero-order valence-corrected chi connectivity index (χ0v) is 11.6. The largest absolute Gasteiger partial charge is 0.399 e. The number of hydrogen-bond acceptors (Lipinski definition) is 3. The van der Waals surface area contributed by atoms with Crippen LogP contribution in [0.4, 0.5) is 24.5 Å². The van der Waals surface area contributed by atoms with Gasteiger partial charge in [0, 0.05) is 23.5 Å². The first kappa shape index (κ1) is 15.2. The third-order valence-electron chi connectivity index (χ3n) is 2.75. The SMILES string of the molecule is Cc1cc(NS(=O)(=O)c2c(F)cc(F)cc2F)ccc1N. The van der Waals surface area contributed by atoms with E-state index in [1.165, 1.54) is 18.2 Å². The van der Waals surface area contributed by atoms with Crippen molar-refractivity contribution >= 4 is 21.4 Å². The average Bonchev–Trinajstić information content (AvgIpc) is 2.31. The van der Waals surface area contributed by atoms with E-state index in [2.05, 4.69) is 0 Å². The van der Waals surface area contributed by atoms with Gasteiger partial charge in [0.05, 0.1) is 0 Å². The van der Waals surface area contributed by atoms with Crippen LogP contribution in [0.3, 0.4) is 0 Å². The fourth-order valence-corrected chi connectivity index (χ4v) is 2.90. The van der Waals surface area contributed by atoms with Crippen LogP contribution in [0.15, 0.2) is 35.2 Å². The maximum atomic E-state index is 13.5. The van der Waals surface area contributed by atoms with Crippen LogP contribution in [0.2, 0.25) is 0 Å². The predicted molar refractivity (Wildman–Crippen MR) is 72.7 cm³/mol. The van der Waals surface area contributed by atoms with Gasteiger partial charge in [-0.3, -0.25) is 4.72 Å². The Bertz CT molecular complexity index is 784. The highest BCUT2D eigenvalue weighted by Crippen LogP contribution is 2.24. The maximum Gasteiger partial charge on any atom is 0.267 e. The molecule has 0 unspecified atom stereocenters. The Morgan fingerprint density at radius 2 is 1.62 bits per heavy atom. The fraction of sp³-hybridized carbons (Fsp3) is 0.0769. The van der Waals surface area contributed by atoms with Crippen LogP contribution in [-0.2, 0) is 10.0 Å². The number of sulfonamides is 1. The van der Waals surface area contributed by atoms with Gasteiger partial charge in [-0.05, 0) is 30.7 Å². The highest BCUT2D eigenvalue weighted by molar-refractivity contribution is 7.92. The molecule has 8 heteroatoms. The molecule has 0 saturated carbocycles. The molecule has 2 rings (SSSR count). The Labute approximate surface area is 119 Å². The van der Waals surface area contributed by atoms with E-state index in [1.807, 2.05) is 4.72 Å². The second-order valence-electron chi connectivity index (χ2n) is 4.38. The van der Waals surface area contributed by atoms with E-state index in [1.54, 1.807) is 6.92 Å². The molecule has 0 aromatic heterocycles. The van der Waals surface area contributed by atoms with E-state index in [4.69, 9.17) is 5.73 Å². The first-order chi connectivity index (χ1) is 9.70. The number of anilines is 2. The highest BCUT2D eigenvalue weighted by Gasteiger charge is 2.25. The molecule has 0 aliphatic heterocycles. The van der Waals surface area contributed by atoms with Crippen LogP contribution in [0.1, 0.15) is 5.56 Å². The van der Waals surface area contributed by atoms with Gasteiger partial charge in [-0.15, -0.1) is 0 Å². The van der Waals surface area contributed by atoms with E-state index in [0.717, 1.165) is 0 Å². The molecule has 21 heavy (non-hydrogen) atoms. The van der Waals surface area contributed by atoms with Crippen molar-refractivity contribution in [3.63, 3.8) is 0 Å². The first-order valence-corrected chi connectivity index (χ1v) is 7.22. The molecule has 112 valence electrons. The summed E-state index contributed by atoms with van der Waals surface area (Å²) in [6.07, 6.45) is 0. The van der Waals surface area contributed by atoms with Gasteiger partial charge in [0.2, 0.25) is 0 Å². The molecule has 3 N–H and O–H groups in total. The average molecular weight is 316 g/mol. The molecule has 2 aromatic carbocycles. The summed E-state index contributed by atoms with van der Waals surface area (Å²) in [5, 5.41) is 0. The lowest BCUT2D eigenvalue weighted by Gasteiger charge is -2.11. The summed E-state index contributed by atoms with van der Waals surface area (Å²) in [6, 6.07) is 4.80. The van der Waals surface area contributed by atoms with Crippen LogP contribution >= 0.6 is 0 Å². The lowest BCUT2D eigenvalue weighted by Crippen LogP contribution is -2.17. The number of rotatable bonds is 3. The number of benzene rings is 2. The topological polar surface area (TPSA) is 72.2 Å². The molecule has 0 aliphatic carbocycles. The Balaban J connectivity index is 2.46. The standard InChI is InChI=1S/C13H11F3N2O2S/c1-7-4-9(2-3-12(7)17)18-21(19,20)13-10(15)5-8(14)6-11(13)16/h2-6,18H,17H2,1H3. The van der Waals surface area contributed by atoms with Gasteiger partial charge in [0.25, 0.3) is 10.0 Å². The summed E-state index contributed by atoms with van der Waals surface area (Å²) in [4.78, 5) is -1.24. The van der Waals surface area contributed by atoms with E-state index in [0.29, 0.717) is 23.4 Å². The molecule has 0 heterocycles. The molecule has 0 bridgehead atoms. The molecule has 0 spiro atoms. The predicted octanol–water partition coefficient (Wildman–Crippen LogP) is 2.80. The Morgan fingerprint density at radius 3 is 2.14 bits per heavy atom. The van der Waals surface area contributed by atoms with E-state index >= 15 is 0 Å². The monoisotopic (exact) mass is 316 g/mol. The normalized spacial score (nSPS) is 11.4. The van der Waals surface area contributed by atoms with Gasteiger partial charge in [0.1, 0.15) is 17.5 Å². The third-order valence-corrected chi connectivity index (χ3v) is 4.19. The Morgan fingerprint density at radius 1 is 1.05 bits per heavy atom. The van der Waals surface area contributed by atoms with Gasteiger partial charge < -0.3 is 5.73 Å². The molecular formula is C13H11F3N2O2S. The van der Waals surface area contributed by atoms with Gasteiger partial charge in [-0.2, -0.15) is 0 Å². The van der Waals surface area contributed by atoms with Crippen molar-refractivity contribution in [3.8, 4) is 0 Å². The summed E-state index contributed by atoms with van der Waals surface area (Å²) in [5.41, 5.74) is 6.71. The van der Waals surface area contributed by atoms with Crippen molar-refractivity contribution in [2.75, 3.05) is 10.5 Å². The number of halogens is 3. The van der Waals surface area contributed by atoms with Gasteiger partial charge in [0.15, 0.2) is 4.90 Å². The smallest absolute Gasteiger partial charge is 0.267 e. The zero-order chi connectivity index (χ0) is 15.8. The second-order valence-corrected chi connectivity index (χ2v) is 5.99. The van der Waals surface area contributed by atoms with Crippen LogP contribution < -0.4 is 10.5 Å². The second kappa shape index (κ2) is 5.28. The number of aryl methyl sites for hydroxylation is 1. The van der Waals surface area contributed by atoms with Crippen molar-refractivity contribution in [1.29, 1.82) is 0 Å². The van der Waals surface area contributed by atoms with Crippen molar-refractivity contribution in [1.82, 2.24) is 0 Å². The number of nitrogens with one attached hydrogen (secondary N) is 1. The number of nitrogens with two attached hydrogens (primary N) is 1. The Hall–Kier alpha value is -2.22. The first-order valence-electron chi connectivity index (χ1n) is 5.74. The summed E-state index contributed by atoms with van der Waals surface area (Å²) >= 11 is 0. The van der Waals surface area contributed by atoms with Crippen molar-refractivity contribution < 1.29 is 21.6 Å². The lowest BCUT2D eigenvalue weighted by molar-refractivity contribution is 0.498. The molecule has 0 fully saturated rings. The summed E-state index contributed by atoms with van der Waals surface area (Å²) in [6.45, 7) is 1.65. The molecule has 4 nitrogen and oxygen atoms in total. The van der Waals surface area contributed by atoms with Crippen LogP contribution in [0.25, 0.3) is 0 Å². The van der Waals surface area contributed by atoms with Crippen molar-refractivity contribution in [3.05, 3.63) is 53.3 Å². The molecule has 2 aromatic rings. The number of hydrogen-bond donors (Lipinski definition) is 2. The third kappa shape index (κ3) is 3.10. The number of nitrogen functional groups attached to an aromatic ring is 1. The van der Waals surface area contributed by atoms with Gasteiger partial charge in [-0.1, -0.05) is 0 Å². The minimum absolute atomic E-state index is 0.0878. The van der Waals surface area contributed by atoms with E-state index < -0.39 is 32.4 Å². The van der Waals surface area contributed by atoms with Gasteiger partial charge in [-0.25, -0.2) is 21.6 Å². The van der Waals surface area contributed by atoms with Crippen molar-refractivity contribution in [2.45, 2.75) is 11.8 Å². The molecule has 0 atom stereocenters. The van der Waals surface area contributed by atoms with Crippen LogP contribution in [0, 0.1) is 24.4 Å². The molecule has 0 radical (unpaired) electrons. The summed E-state index contributed by atoms with van der Waals surface area (Å²) < 4.78 is 65.9. The van der Waals surface area contributed by atoms with Crippen LogP contribution in [-0.4, -0.2) is 8.42 Å². The lowest BCUT2D eigenvalue weighted by atomic mass is 10.2. The van der Waals surface area contributed by atoms with Gasteiger partial charge >= 0.3 is 0 Å².